The Kier molecular flexibility index (Phi) is 3.24. The zero-order chi connectivity index (χ0) is 13.2. The Hall–Kier alpha value is -1.83. The number of unbranched alkanes of at least 4 members (excludes halogenated alkanes) is 1. The summed E-state index contributed by atoms with van der Waals surface area (Å²) in [6.45, 7) is 3.20. The zero-order valence-electron chi connectivity index (χ0n) is 11.4. The first kappa shape index (κ1) is 12.2. The van der Waals surface area contributed by atoms with Crippen LogP contribution in [0.25, 0.3) is 11.3 Å². The summed E-state index contributed by atoms with van der Waals surface area (Å²) in [5.41, 5.74) is 4.50. The molecular weight excluding hydrogens is 234 g/mol. The van der Waals surface area contributed by atoms with Crippen LogP contribution in [0, 0.1) is 0 Å². The minimum absolute atomic E-state index is 0.309. The second-order valence-corrected chi connectivity index (χ2v) is 5.21. The topological polar surface area (TPSA) is 22.0 Å². The van der Waals surface area contributed by atoms with E-state index in [9.17, 15) is 4.79 Å². The van der Waals surface area contributed by atoms with Crippen molar-refractivity contribution in [1.82, 2.24) is 4.57 Å². The minimum atomic E-state index is 0.309. The van der Waals surface area contributed by atoms with Gasteiger partial charge < -0.3 is 4.57 Å². The standard InChI is InChI=1S/C17H19NO/c1-2-3-11-18-12-14-9-10-15(19)16(14)17(18)13-7-5-4-6-8-13/h4-8,12H,2-3,9-11H2,1H3. The van der Waals surface area contributed by atoms with Gasteiger partial charge in [-0.3, -0.25) is 4.79 Å². The summed E-state index contributed by atoms with van der Waals surface area (Å²) in [7, 11) is 0. The highest BCUT2D eigenvalue weighted by molar-refractivity contribution is 6.05. The lowest BCUT2D eigenvalue weighted by Crippen LogP contribution is -2.02. The number of ketones is 1. The van der Waals surface area contributed by atoms with Crippen molar-refractivity contribution < 1.29 is 4.79 Å². The fourth-order valence-corrected chi connectivity index (χ4v) is 2.90. The summed E-state index contributed by atoms with van der Waals surface area (Å²) in [6.07, 6.45) is 6.11. The summed E-state index contributed by atoms with van der Waals surface area (Å²) < 4.78 is 2.28. The molecule has 0 aliphatic heterocycles. The number of fused-ring (bicyclic) bond motifs is 1. The third kappa shape index (κ3) is 2.12. The second kappa shape index (κ2) is 5.04. The lowest BCUT2D eigenvalue weighted by atomic mass is 10.1. The van der Waals surface area contributed by atoms with Crippen LogP contribution in [0.4, 0.5) is 0 Å². The van der Waals surface area contributed by atoms with Gasteiger partial charge in [-0.15, -0.1) is 0 Å². The van der Waals surface area contributed by atoms with Crippen molar-refractivity contribution in [3.8, 4) is 11.3 Å². The highest BCUT2D eigenvalue weighted by Crippen LogP contribution is 2.34. The van der Waals surface area contributed by atoms with Crippen molar-refractivity contribution in [2.24, 2.45) is 0 Å². The highest BCUT2D eigenvalue weighted by atomic mass is 16.1. The number of carbonyl (C=O) groups is 1. The minimum Gasteiger partial charge on any atom is -0.347 e. The molecule has 1 heterocycles. The average molecular weight is 253 g/mol. The molecule has 2 aromatic rings. The van der Waals surface area contributed by atoms with E-state index in [4.69, 9.17) is 0 Å². The summed E-state index contributed by atoms with van der Waals surface area (Å²) in [5, 5.41) is 0. The fraction of sp³-hybridized carbons (Fsp3) is 0.353. The highest BCUT2D eigenvalue weighted by Gasteiger charge is 2.27. The molecule has 0 spiro atoms. The van der Waals surface area contributed by atoms with E-state index >= 15 is 0 Å². The van der Waals surface area contributed by atoms with E-state index in [-0.39, 0.29) is 0 Å². The maximum Gasteiger partial charge on any atom is 0.165 e. The molecule has 1 aromatic carbocycles. The molecule has 0 saturated heterocycles. The molecule has 98 valence electrons. The molecule has 1 aliphatic rings. The van der Waals surface area contributed by atoms with Crippen molar-refractivity contribution in [3.63, 3.8) is 0 Å². The van der Waals surface area contributed by atoms with Crippen LogP contribution < -0.4 is 0 Å². The maximum atomic E-state index is 12.1. The van der Waals surface area contributed by atoms with Gasteiger partial charge >= 0.3 is 0 Å². The van der Waals surface area contributed by atoms with Gasteiger partial charge in [0, 0.05) is 24.7 Å². The molecular formula is C17H19NO. The number of hydrogen-bond acceptors (Lipinski definition) is 1. The average Bonchev–Trinajstić information content (AvgIpc) is 2.97. The zero-order valence-corrected chi connectivity index (χ0v) is 11.4. The molecule has 2 nitrogen and oxygen atoms in total. The van der Waals surface area contributed by atoms with E-state index in [0.717, 1.165) is 36.2 Å². The normalized spacial score (nSPS) is 13.8. The molecule has 0 saturated carbocycles. The van der Waals surface area contributed by atoms with Gasteiger partial charge in [0.15, 0.2) is 5.78 Å². The van der Waals surface area contributed by atoms with Crippen LogP contribution >= 0.6 is 0 Å². The number of hydrogen-bond donors (Lipinski definition) is 0. The van der Waals surface area contributed by atoms with Gasteiger partial charge in [0.05, 0.1) is 5.69 Å². The summed E-state index contributed by atoms with van der Waals surface area (Å²) >= 11 is 0. The molecule has 3 rings (SSSR count). The van der Waals surface area contributed by atoms with Gasteiger partial charge in [-0.25, -0.2) is 0 Å². The lowest BCUT2D eigenvalue weighted by molar-refractivity contribution is 0.0994. The Bertz CT molecular complexity index is 595. The van der Waals surface area contributed by atoms with E-state index in [1.54, 1.807) is 0 Å². The molecule has 0 amide bonds. The van der Waals surface area contributed by atoms with Gasteiger partial charge in [0.2, 0.25) is 0 Å². The van der Waals surface area contributed by atoms with Gasteiger partial charge in [-0.2, -0.15) is 0 Å². The number of aryl methyl sites for hydroxylation is 2. The number of carbonyl (C=O) groups excluding carboxylic acids is 1. The Labute approximate surface area is 114 Å². The van der Waals surface area contributed by atoms with Crippen molar-refractivity contribution in [1.29, 1.82) is 0 Å². The molecule has 0 N–H and O–H groups in total. The quantitative estimate of drug-likeness (QED) is 0.804. The second-order valence-electron chi connectivity index (χ2n) is 5.21. The summed E-state index contributed by atoms with van der Waals surface area (Å²) in [6, 6.07) is 10.3. The van der Waals surface area contributed by atoms with Gasteiger partial charge in [0.1, 0.15) is 0 Å². The van der Waals surface area contributed by atoms with Crippen molar-refractivity contribution in [2.75, 3.05) is 0 Å². The predicted molar refractivity (Wildman–Crippen MR) is 77.4 cm³/mol. The van der Waals surface area contributed by atoms with Crippen molar-refractivity contribution in [2.45, 2.75) is 39.2 Å². The van der Waals surface area contributed by atoms with Crippen LogP contribution in [-0.2, 0) is 13.0 Å². The largest absolute Gasteiger partial charge is 0.347 e. The molecule has 0 atom stereocenters. The summed E-state index contributed by atoms with van der Waals surface area (Å²) in [4.78, 5) is 12.1. The van der Waals surface area contributed by atoms with E-state index in [1.807, 2.05) is 18.2 Å². The van der Waals surface area contributed by atoms with Crippen molar-refractivity contribution >= 4 is 5.78 Å². The number of benzene rings is 1. The lowest BCUT2D eigenvalue weighted by Gasteiger charge is -2.10. The Balaban J connectivity index is 2.12. The van der Waals surface area contributed by atoms with Crippen LogP contribution in [-0.4, -0.2) is 10.4 Å². The Morgan fingerprint density at radius 3 is 2.68 bits per heavy atom. The third-order valence-electron chi connectivity index (χ3n) is 3.86. The first-order valence-corrected chi connectivity index (χ1v) is 7.12. The fourth-order valence-electron chi connectivity index (χ4n) is 2.90. The molecule has 19 heavy (non-hydrogen) atoms. The summed E-state index contributed by atoms with van der Waals surface area (Å²) in [5.74, 6) is 0.309. The third-order valence-corrected chi connectivity index (χ3v) is 3.86. The smallest absolute Gasteiger partial charge is 0.165 e. The molecule has 0 unspecified atom stereocenters. The monoisotopic (exact) mass is 253 g/mol. The molecule has 0 radical (unpaired) electrons. The maximum absolute atomic E-state index is 12.1. The SMILES string of the molecule is CCCCn1cc2c(c1-c1ccccc1)C(=O)CC2. The van der Waals surface area contributed by atoms with E-state index < -0.39 is 0 Å². The Morgan fingerprint density at radius 1 is 1.16 bits per heavy atom. The number of rotatable bonds is 4. The molecule has 2 heteroatoms. The molecule has 0 fully saturated rings. The number of Topliss-reactive ketones (excluding diaryl/α,β-unsaturated/α-hetero) is 1. The van der Waals surface area contributed by atoms with Gasteiger partial charge in [0.25, 0.3) is 0 Å². The van der Waals surface area contributed by atoms with Crippen molar-refractivity contribution in [3.05, 3.63) is 47.7 Å². The van der Waals surface area contributed by atoms with E-state index in [0.29, 0.717) is 12.2 Å². The number of nitrogens with zero attached hydrogens (tertiary/aromatic N) is 1. The first-order valence-electron chi connectivity index (χ1n) is 7.12. The Morgan fingerprint density at radius 2 is 1.95 bits per heavy atom. The van der Waals surface area contributed by atoms with Crippen LogP contribution in [0.2, 0.25) is 0 Å². The van der Waals surface area contributed by atoms with Gasteiger partial charge in [-0.1, -0.05) is 43.7 Å². The van der Waals surface area contributed by atoms with E-state index in [1.165, 1.54) is 12.0 Å². The van der Waals surface area contributed by atoms with E-state index in [2.05, 4.69) is 29.8 Å². The molecule has 0 bridgehead atoms. The van der Waals surface area contributed by atoms with Crippen LogP contribution in [0.3, 0.4) is 0 Å². The van der Waals surface area contributed by atoms with Crippen LogP contribution in [0.15, 0.2) is 36.5 Å². The van der Waals surface area contributed by atoms with Gasteiger partial charge in [-0.05, 0) is 24.0 Å². The first-order chi connectivity index (χ1) is 9.31. The van der Waals surface area contributed by atoms with Crippen LogP contribution in [0.1, 0.15) is 42.1 Å². The van der Waals surface area contributed by atoms with Crippen LogP contribution in [0.5, 0.6) is 0 Å². The number of aromatic nitrogens is 1. The molecule has 1 aliphatic carbocycles. The molecule has 1 aromatic heterocycles. The predicted octanol–water partition coefficient (Wildman–Crippen LogP) is 4.08.